The van der Waals surface area contributed by atoms with E-state index in [9.17, 15) is 4.79 Å². The topological polar surface area (TPSA) is 48.1 Å². The number of hydrogen-bond donors (Lipinski definition) is 2. The highest BCUT2D eigenvalue weighted by Crippen LogP contribution is 2.15. The first kappa shape index (κ1) is 14.6. The van der Waals surface area contributed by atoms with E-state index < -0.39 is 0 Å². The molecule has 1 amide bonds. The molecule has 0 unspecified atom stereocenters. The minimum Gasteiger partial charge on any atom is -0.356 e. The Kier molecular flexibility index (Phi) is 5.45. The van der Waals surface area contributed by atoms with Gasteiger partial charge in [0, 0.05) is 17.2 Å². The highest BCUT2D eigenvalue weighted by atomic mass is 79.9. The van der Waals surface area contributed by atoms with Gasteiger partial charge in [0.15, 0.2) is 0 Å². The van der Waals surface area contributed by atoms with Crippen LogP contribution < -0.4 is 5.32 Å². The number of hydrogen-bond acceptors (Lipinski definition) is 2. The molecule has 0 aliphatic carbocycles. The fourth-order valence-electron chi connectivity index (χ4n) is 2.38. The predicted molar refractivity (Wildman–Crippen MR) is 80.3 cm³/mol. The Morgan fingerprint density at radius 2 is 2.26 bits per heavy atom. The van der Waals surface area contributed by atoms with E-state index in [-0.39, 0.29) is 5.91 Å². The number of nitrogens with zero attached hydrogens (tertiary/aromatic N) is 1. The molecule has 5 heteroatoms. The molecule has 1 fully saturated rings. The zero-order valence-electron chi connectivity index (χ0n) is 11.4. The molecule has 0 radical (unpaired) electrons. The number of nitrogens with one attached hydrogen (secondary N) is 2. The normalized spacial score (nSPS) is 17.6. The molecule has 0 spiro atoms. The molecule has 19 heavy (non-hydrogen) atoms. The molecule has 1 aliphatic heterocycles. The first-order valence-corrected chi connectivity index (χ1v) is 7.79. The smallest absolute Gasteiger partial charge is 0.267 e. The Bertz CT molecular complexity index is 411. The molecule has 2 rings (SSSR count). The lowest BCUT2D eigenvalue weighted by Gasteiger charge is -2.30. The number of amides is 1. The molecule has 4 nitrogen and oxygen atoms in total. The molecule has 2 heterocycles. The van der Waals surface area contributed by atoms with Crippen LogP contribution in [-0.4, -0.2) is 42.0 Å². The monoisotopic (exact) mass is 327 g/mol. The fraction of sp³-hybridized carbons (Fsp3) is 0.643. The van der Waals surface area contributed by atoms with E-state index in [4.69, 9.17) is 0 Å². The Hall–Kier alpha value is -0.810. The molecule has 0 bridgehead atoms. The van der Waals surface area contributed by atoms with Gasteiger partial charge in [-0.15, -0.1) is 0 Å². The number of aromatic amines is 1. The highest BCUT2D eigenvalue weighted by molar-refractivity contribution is 9.10. The summed E-state index contributed by atoms with van der Waals surface area (Å²) in [6, 6.07) is 1.79. The van der Waals surface area contributed by atoms with E-state index in [2.05, 4.69) is 38.1 Å². The number of likely N-dealkylation sites (tertiary alicyclic amines) is 1. The SMILES string of the molecule is CC1CCN(CCCNC(=O)c2cc(Br)c[nH]2)CC1. The summed E-state index contributed by atoms with van der Waals surface area (Å²) in [5.74, 6) is 0.847. The summed E-state index contributed by atoms with van der Waals surface area (Å²) in [6.07, 6.45) is 5.40. The van der Waals surface area contributed by atoms with Gasteiger partial charge in [-0.2, -0.15) is 0 Å². The second-order valence-electron chi connectivity index (χ2n) is 5.37. The van der Waals surface area contributed by atoms with Gasteiger partial charge in [-0.3, -0.25) is 4.79 Å². The van der Waals surface area contributed by atoms with Gasteiger partial charge in [-0.1, -0.05) is 6.92 Å². The maximum atomic E-state index is 11.8. The minimum absolute atomic E-state index is 0.0297. The van der Waals surface area contributed by atoms with E-state index in [1.165, 1.54) is 25.9 Å². The summed E-state index contributed by atoms with van der Waals surface area (Å²) in [6.45, 7) is 6.56. The summed E-state index contributed by atoms with van der Waals surface area (Å²) in [5.41, 5.74) is 0.610. The average molecular weight is 328 g/mol. The van der Waals surface area contributed by atoms with Gasteiger partial charge in [0.2, 0.25) is 0 Å². The minimum atomic E-state index is -0.0297. The molecule has 106 valence electrons. The van der Waals surface area contributed by atoms with Crippen molar-refractivity contribution in [2.45, 2.75) is 26.2 Å². The van der Waals surface area contributed by atoms with Gasteiger partial charge in [-0.25, -0.2) is 0 Å². The third kappa shape index (κ3) is 4.66. The predicted octanol–water partition coefficient (Wildman–Crippen LogP) is 2.63. The molecule has 0 aromatic carbocycles. The molecule has 0 atom stereocenters. The van der Waals surface area contributed by atoms with Crippen molar-refractivity contribution >= 4 is 21.8 Å². The van der Waals surface area contributed by atoms with Crippen LogP contribution >= 0.6 is 15.9 Å². The second-order valence-corrected chi connectivity index (χ2v) is 6.28. The van der Waals surface area contributed by atoms with Crippen molar-refractivity contribution in [2.24, 2.45) is 5.92 Å². The number of rotatable bonds is 5. The Balaban J connectivity index is 1.60. The van der Waals surface area contributed by atoms with Crippen LogP contribution in [-0.2, 0) is 0 Å². The van der Waals surface area contributed by atoms with Crippen LogP contribution in [0.15, 0.2) is 16.7 Å². The number of aromatic nitrogens is 1. The van der Waals surface area contributed by atoms with Gasteiger partial charge in [-0.05, 0) is 66.8 Å². The Morgan fingerprint density at radius 3 is 2.89 bits per heavy atom. The first-order valence-electron chi connectivity index (χ1n) is 6.99. The number of H-pyrrole nitrogens is 1. The van der Waals surface area contributed by atoms with E-state index in [1.54, 1.807) is 12.3 Å². The summed E-state index contributed by atoms with van der Waals surface area (Å²) in [7, 11) is 0. The first-order chi connectivity index (χ1) is 9.15. The van der Waals surface area contributed by atoms with Crippen LogP contribution in [0.2, 0.25) is 0 Å². The fourth-order valence-corrected chi connectivity index (χ4v) is 2.73. The molecular formula is C14H22BrN3O. The molecule has 2 N–H and O–H groups in total. The van der Waals surface area contributed by atoms with Crippen LogP contribution in [0.3, 0.4) is 0 Å². The van der Waals surface area contributed by atoms with Gasteiger partial charge in [0.1, 0.15) is 5.69 Å². The van der Waals surface area contributed by atoms with E-state index in [0.717, 1.165) is 29.9 Å². The van der Waals surface area contributed by atoms with Crippen LogP contribution in [0, 0.1) is 5.92 Å². The van der Waals surface area contributed by atoms with Crippen molar-refractivity contribution in [3.63, 3.8) is 0 Å². The largest absolute Gasteiger partial charge is 0.356 e. The maximum Gasteiger partial charge on any atom is 0.267 e. The van der Waals surface area contributed by atoms with Crippen molar-refractivity contribution in [3.05, 3.63) is 22.4 Å². The molecule has 1 aromatic heterocycles. The van der Waals surface area contributed by atoms with Crippen molar-refractivity contribution in [1.82, 2.24) is 15.2 Å². The Morgan fingerprint density at radius 1 is 1.53 bits per heavy atom. The van der Waals surface area contributed by atoms with Gasteiger partial charge in [0.05, 0.1) is 0 Å². The molecule has 1 aromatic rings. The quantitative estimate of drug-likeness (QED) is 0.817. The zero-order chi connectivity index (χ0) is 13.7. The second kappa shape index (κ2) is 7.10. The van der Waals surface area contributed by atoms with Gasteiger partial charge < -0.3 is 15.2 Å². The van der Waals surface area contributed by atoms with Crippen LogP contribution in [0.5, 0.6) is 0 Å². The molecular weight excluding hydrogens is 306 g/mol. The highest BCUT2D eigenvalue weighted by Gasteiger charge is 2.15. The van der Waals surface area contributed by atoms with E-state index >= 15 is 0 Å². The Labute approximate surface area is 123 Å². The van der Waals surface area contributed by atoms with E-state index in [0.29, 0.717) is 5.69 Å². The van der Waals surface area contributed by atoms with Gasteiger partial charge >= 0.3 is 0 Å². The van der Waals surface area contributed by atoms with Crippen molar-refractivity contribution in [3.8, 4) is 0 Å². The van der Waals surface area contributed by atoms with E-state index in [1.807, 2.05) is 0 Å². The van der Waals surface area contributed by atoms with Crippen LogP contribution in [0.25, 0.3) is 0 Å². The lowest BCUT2D eigenvalue weighted by Crippen LogP contribution is -2.35. The zero-order valence-corrected chi connectivity index (χ0v) is 13.0. The lowest BCUT2D eigenvalue weighted by atomic mass is 9.99. The molecule has 1 aliphatic rings. The average Bonchev–Trinajstić information content (AvgIpc) is 2.83. The standard InChI is InChI=1S/C14H22BrN3O/c1-11-3-7-18(8-4-11)6-2-5-16-14(19)13-9-12(15)10-17-13/h9-11,17H,2-8H2,1H3,(H,16,19). The van der Waals surface area contributed by atoms with Crippen molar-refractivity contribution in [1.29, 1.82) is 0 Å². The van der Waals surface area contributed by atoms with Crippen LogP contribution in [0.1, 0.15) is 36.7 Å². The van der Waals surface area contributed by atoms with Crippen molar-refractivity contribution in [2.75, 3.05) is 26.2 Å². The summed E-state index contributed by atoms with van der Waals surface area (Å²) in [4.78, 5) is 17.2. The molecule has 1 saturated heterocycles. The number of halogens is 1. The lowest BCUT2D eigenvalue weighted by molar-refractivity contribution is 0.0946. The number of piperidine rings is 1. The molecule has 0 saturated carbocycles. The summed E-state index contributed by atoms with van der Waals surface area (Å²) in [5, 5.41) is 2.94. The van der Waals surface area contributed by atoms with Crippen LogP contribution in [0.4, 0.5) is 0 Å². The van der Waals surface area contributed by atoms with Gasteiger partial charge in [0.25, 0.3) is 5.91 Å². The summed E-state index contributed by atoms with van der Waals surface area (Å²) < 4.78 is 0.903. The summed E-state index contributed by atoms with van der Waals surface area (Å²) >= 11 is 3.32. The number of carbonyl (C=O) groups is 1. The maximum absolute atomic E-state index is 11.8. The third-order valence-corrected chi connectivity index (χ3v) is 4.16. The third-order valence-electron chi connectivity index (χ3n) is 3.71. The van der Waals surface area contributed by atoms with Crippen molar-refractivity contribution < 1.29 is 4.79 Å². The number of carbonyl (C=O) groups excluding carboxylic acids is 1.